The Morgan fingerprint density at radius 2 is 1.68 bits per heavy atom. The maximum absolute atomic E-state index is 11.2. The SMILES string of the molecule is CC(=O)O[C@@H]1C[C@H](CC(=O)O)C[C@H](O[Si](C)(C)C(C)(C)C)C1. The minimum Gasteiger partial charge on any atom is -0.481 e. The van der Waals surface area contributed by atoms with Gasteiger partial charge in [0.15, 0.2) is 8.32 Å². The lowest BCUT2D eigenvalue weighted by atomic mass is 9.83. The van der Waals surface area contributed by atoms with Gasteiger partial charge in [0, 0.05) is 25.9 Å². The van der Waals surface area contributed by atoms with E-state index in [0.29, 0.717) is 12.8 Å². The molecular formula is C16H30O5Si. The number of esters is 1. The molecular weight excluding hydrogens is 300 g/mol. The molecule has 1 aliphatic carbocycles. The van der Waals surface area contributed by atoms with Crippen molar-refractivity contribution in [3.63, 3.8) is 0 Å². The third-order valence-corrected chi connectivity index (χ3v) is 9.32. The van der Waals surface area contributed by atoms with E-state index >= 15 is 0 Å². The average molecular weight is 330 g/mol. The number of carboxylic acids is 1. The fourth-order valence-electron chi connectivity index (χ4n) is 2.76. The predicted octanol–water partition coefficient (Wildman–Crippen LogP) is 3.58. The molecule has 0 unspecified atom stereocenters. The Morgan fingerprint density at radius 1 is 1.14 bits per heavy atom. The summed E-state index contributed by atoms with van der Waals surface area (Å²) in [5.41, 5.74) is 0. The Labute approximate surface area is 134 Å². The number of hydrogen-bond acceptors (Lipinski definition) is 4. The summed E-state index contributed by atoms with van der Waals surface area (Å²) in [4.78, 5) is 22.2. The number of aliphatic carboxylic acids is 1. The lowest BCUT2D eigenvalue weighted by Crippen LogP contribution is -2.47. The van der Waals surface area contributed by atoms with E-state index in [4.69, 9.17) is 14.3 Å². The van der Waals surface area contributed by atoms with E-state index < -0.39 is 14.3 Å². The van der Waals surface area contributed by atoms with E-state index in [9.17, 15) is 9.59 Å². The van der Waals surface area contributed by atoms with Crippen LogP contribution in [0.25, 0.3) is 0 Å². The average Bonchev–Trinajstić information content (AvgIpc) is 2.23. The molecule has 0 spiro atoms. The van der Waals surface area contributed by atoms with Crippen molar-refractivity contribution in [1.82, 2.24) is 0 Å². The molecule has 0 aliphatic heterocycles. The topological polar surface area (TPSA) is 72.8 Å². The van der Waals surface area contributed by atoms with Gasteiger partial charge in [-0.1, -0.05) is 20.8 Å². The van der Waals surface area contributed by atoms with Gasteiger partial charge in [-0.3, -0.25) is 9.59 Å². The van der Waals surface area contributed by atoms with Crippen LogP contribution in [0.5, 0.6) is 0 Å². The van der Waals surface area contributed by atoms with Gasteiger partial charge in [0.2, 0.25) is 0 Å². The van der Waals surface area contributed by atoms with E-state index in [2.05, 4.69) is 33.9 Å². The summed E-state index contributed by atoms with van der Waals surface area (Å²) in [6, 6.07) is 0. The predicted molar refractivity (Wildman–Crippen MR) is 87.2 cm³/mol. The molecule has 128 valence electrons. The Balaban J connectivity index is 2.79. The van der Waals surface area contributed by atoms with Crippen LogP contribution in [0.4, 0.5) is 0 Å². The standard InChI is InChI=1S/C16H30O5Si/c1-11(17)20-13-7-12(9-15(18)19)8-14(10-13)21-22(5,6)16(2,3)4/h12-14H,7-10H2,1-6H3,(H,18,19)/t12-,13+,14-/m0/s1. The zero-order valence-corrected chi connectivity index (χ0v) is 15.6. The fourth-order valence-corrected chi connectivity index (χ4v) is 4.14. The molecule has 0 aromatic heterocycles. The van der Waals surface area contributed by atoms with Crippen molar-refractivity contribution in [2.75, 3.05) is 0 Å². The summed E-state index contributed by atoms with van der Waals surface area (Å²) in [5, 5.41) is 9.14. The summed E-state index contributed by atoms with van der Waals surface area (Å²) in [6.07, 6.45) is 1.87. The lowest BCUT2D eigenvalue weighted by molar-refractivity contribution is -0.151. The first-order valence-corrected chi connectivity index (χ1v) is 10.9. The number of carbonyl (C=O) groups is 2. The minimum atomic E-state index is -1.92. The quantitative estimate of drug-likeness (QED) is 0.616. The van der Waals surface area contributed by atoms with E-state index in [1.165, 1.54) is 6.92 Å². The Bertz CT molecular complexity index is 389. The molecule has 0 amide bonds. The monoisotopic (exact) mass is 330 g/mol. The summed E-state index contributed by atoms with van der Waals surface area (Å²) < 4.78 is 11.8. The number of carboxylic acid groups (broad SMARTS) is 1. The Kier molecular flexibility index (Phi) is 6.21. The summed E-state index contributed by atoms with van der Waals surface area (Å²) >= 11 is 0. The first kappa shape index (κ1) is 19.2. The number of rotatable bonds is 5. The molecule has 0 radical (unpaired) electrons. The molecule has 0 bridgehead atoms. The molecule has 6 heteroatoms. The highest BCUT2D eigenvalue weighted by Gasteiger charge is 2.42. The molecule has 1 N–H and O–H groups in total. The van der Waals surface area contributed by atoms with Gasteiger partial charge in [-0.2, -0.15) is 0 Å². The van der Waals surface area contributed by atoms with Gasteiger partial charge in [0.1, 0.15) is 6.10 Å². The van der Waals surface area contributed by atoms with Crippen molar-refractivity contribution in [2.45, 2.75) is 83.7 Å². The van der Waals surface area contributed by atoms with Crippen molar-refractivity contribution in [2.24, 2.45) is 5.92 Å². The summed E-state index contributed by atoms with van der Waals surface area (Å²) in [6.45, 7) is 12.3. The van der Waals surface area contributed by atoms with Crippen LogP contribution in [0.15, 0.2) is 0 Å². The van der Waals surface area contributed by atoms with Crippen LogP contribution in [0.2, 0.25) is 18.1 Å². The first-order chi connectivity index (χ1) is 9.90. The molecule has 0 aromatic rings. The molecule has 5 nitrogen and oxygen atoms in total. The van der Waals surface area contributed by atoms with Gasteiger partial charge in [0.25, 0.3) is 0 Å². The summed E-state index contributed by atoms with van der Waals surface area (Å²) in [5.74, 6) is -1.11. The maximum Gasteiger partial charge on any atom is 0.303 e. The van der Waals surface area contributed by atoms with Gasteiger partial charge >= 0.3 is 11.9 Å². The number of carbonyl (C=O) groups excluding carboxylic acids is 1. The second-order valence-corrected chi connectivity index (χ2v) is 12.7. The van der Waals surface area contributed by atoms with Crippen LogP contribution < -0.4 is 0 Å². The third kappa shape index (κ3) is 5.72. The highest BCUT2D eigenvalue weighted by molar-refractivity contribution is 6.74. The van der Waals surface area contributed by atoms with Gasteiger partial charge < -0.3 is 14.3 Å². The van der Waals surface area contributed by atoms with Crippen LogP contribution in [0, 0.1) is 5.92 Å². The van der Waals surface area contributed by atoms with E-state index in [1.54, 1.807) is 0 Å². The molecule has 1 aliphatic rings. The van der Waals surface area contributed by atoms with Crippen LogP contribution in [-0.4, -0.2) is 37.6 Å². The number of ether oxygens (including phenoxy) is 1. The first-order valence-electron chi connectivity index (χ1n) is 7.97. The van der Waals surface area contributed by atoms with Crippen molar-refractivity contribution in [3.8, 4) is 0 Å². The van der Waals surface area contributed by atoms with Gasteiger partial charge in [-0.15, -0.1) is 0 Å². The Morgan fingerprint density at radius 3 is 2.14 bits per heavy atom. The molecule has 1 fully saturated rings. The van der Waals surface area contributed by atoms with Gasteiger partial charge in [-0.25, -0.2) is 0 Å². The van der Waals surface area contributed by atoms with Crippen molar-refractivity contribution in [1.29, 1.82) is 0 Å². The second-order valence-electron chi connectivity index (χ2n) is 7.90. The fraction of sp³-hybridized carbons (Fsp3) is 0.875. The Hall–Kier alpha value is -0.883. The second kappa shape index (κ2) is 7.13. The van der Waals surface area contributed by atoms with E-state index in [0.717, 1.165) is 6.42 Å². The number of hydrogen-bond donors (Lipinski definition) is 1. The van der Waals surface area contributed by atoms with Crippen LogP contribution >= 0.6 is 0 Å². The zero-order chi connectivity index (χ0) is 17.1. The smallest absolute Gasteiger partial charge is 0.303 e. The largest absolute Gasteiger partial charge is 0.481 e. The van der Waals surface area contributed by atoms with Crippen molar-refractivity contribution < 1.29 is 23.9 Å². The lowest BCUT2D eigenvalue weighted by Gasteiger charge is -2.42. The molecule has 0 heterocycles. The minimum absolute atomic E-state index is 0.00497. The normalized spacial score (nSPS) is 26.5. The van der Waals surface area contributed by atoms with Gasteiger partial charge in [-0.05, 0) is 36.9 Å². The van der Waals surface area contributed by atoms with Crippen LogP contribution in [0.3, 0.4) is 0 Å². The summed E-state index contributed by atoms with van der Waals surface area (Å²) in [7, 11) is -1.92. The van der Waals surface area contributed by atoms with E-state index in [-0.39, 0.29) is 35.6 Å². The highest BCUT2D eigenvalue weighted by atomic mass is 28.4. The molecule has 1 saturated carbocycles. The van der Waals surface area contributed by atoms with Crippen molar-refractivity contribution >= 4 is 20.3 Å². The van der Waals surface area contributed by atoms with Crippen molar-refractivity contribution in [3.05, 3.63) is 0 Å². The molecule has 0 aromatic carbocycles. The molecule has 1 rings (SSSR count). The molecule has 0 saturated heterocycles. The van der Waals surface area contributed by atoms with Crippen LogP contribution in [-0.2, 0) is 18.8 Å². The third-order valence-electron chi connectivity index (χ3n) is 4.78. The van der Waals surface area contributed by atoms with E-state index in [1.807, 2.05) is 0 Å². The molecule has 22 heavy (non-hydrogen) atoms. The van der Waals surface area contributed by atoms with Gasteiger partial charge in [0.05, 0.1) is 0 Å². The zero-order valence-electron chi connectivity index (χ0n) is 14.6. The highest BCUT2D eigenvalue weighted by Crippen LogP contribution is 2.40. The van der Waals surface area contributed by atoms with Crippen LogP contribution in [0.1, 0.15) is 53.4 Å². The maximum atomic E-state index is 11.2. The molecule has 3 atom stereocenters.